The molecule has 1 atom stereocenters. The predicted octanol–water partition coefficient (Wildman–Crippen LogP) is 2.68. The summed E-state index contributed by atoms with van der Waals surface area (Å²) in [7, 11) is 0. The van der Waals surface area contributed by atoms with E-state index in [1.165, 1.54) is 16.7 Å². The van der Waals surface area contributed by atoms with E-state index < -0.39 is 6.10 Å². The summed E-state index contributed by atoms with van der Waals surface area (Å²) >= 11 is 0. The molecule has 1 aromatic carbocycles. The third-order valence-electron chi connectivity index (χ3n) is 5.46. The Labute approximate surface area is 157 Å². The van der Waals surface area contributed by atoms with E-state index in [4.69, 9.17) is 0 Å². The van der Waals surface area contributed by atoms with E-state index in [2.05, 4.69) is 67.0 Å². The molecule has 5 heteroatoms. The number of aliphatic hydroxyl groups is 1. The molecule has 2 heterocycles. The van der Waals surface area contributed by atoms with Gasteiger partial charge in [-0.2, -0.15) is 5.10 Å². The van der Waals surface area contributed by atoms with Crippen LogP contribution in [-0.4, -0.2) is 57.4 Å². The monoisotopic (exact) mass is 356 g/mol. The summed E-state index contributed by atoms with van der Waals surface area (Å²) in [5, 5.41) is 15.2. The Bertz CT molecular complexity index is 732. The number of nitrogens with zero attached hydrogens (tertiary/aromatic N) is 4. The van der Waals surface area contributed by atoms with Crippen molar-refractivity contribution in [2.24, 2.45) is 0 Å². The Morgan fingerprint density at radius 2 is 1.77 bits per heavy atom. The van der Waals surface area contributed by atoms with Crippen LogP contribution in [0.1, 0.15) is 41.0 Å². The molecule has 1 saturated heterocycles. The van der Waals surface area contributed by atoms with Crippen molar-refractivity contribution in [1.82, 2.24) is 19.6 Å². The van der Waals surface area contributed by atoms with E-state index in [1.807, 2.05) is 4.68 Å². The van der Waals surface area contributed by atoms with Crippen molar-refractivity contribution in [3.8, 4) is 0 Å². The lowest BCUT2D eigenvalue weighted by Gasteiger charge is -2.35. The van der Waals surface area contributed by atoms with Gasteiger partial charge in [-0.3, -0.25) is 14.5 Å². The minimum Gasteiger partial charge on any atom is -0.387 e. The maximum atomic E-state index is 10.7. The molecule has 0 unspecified atom stereocenters. The van der Waals surface area contributed by atoms with Gasteiger partial charge in [0, 0.05) is 57.6 Å². The van der Waals surface area contributed by atoms with Crippen molar-refractivity contribution < 1.29 is 5.11 Å². The number of hydrogen-bond donors (Lipinski definition) is 1. The van der Waals surface area contributed by atoms with Crippen molar-refractivity contribution in [2.75, 3.05) is 32.7 Å². The Balaban J connectivity index is 1.52. The number of benzene rings is 1. The SMILES string of the molecule is CCn1cc(CN2CCN(C[C@H](O)c3cc(C)ccc3C)CC2)c(C)n1. The van der Waals surface area contributed by atoms with Crippen LogP contribution in [0.3, 0.4) is 0 Å². The third-order valence-corrected chi connectivity index (χ3v) is 5.46. The lowest BCUT2D eigenvalue weighted by Crippen LogP contribution is -2.47. The molecular weight excluding hydrogens is 324 g/mol. The first-order chi connectivity index (χ1) is 12.5. The fraction of sp³-hybridized carbons (Fsp3) is 0.571. The highest BCUT2D eigenvalue weighted by Gasteiger charge is 2.21. The first-order valence-corrected chi connectivity index (χ1v) is 9.69. The molecule has 1 aliphatic rings. The fourth-order valence-electron chi connectivity index (χ4n) is 3.71. The molecule has 2 aromatic rings. The van der Waals surface area contributed by atoms with Crippen molar-refractivity contribution >= 4 is 0 Å². The molecule has 0 spiro atoms. The normalized spacial score (nSPS) is 17.6. The molecule has 1 fully saturated rings. The average Bonchev–Trinajstić information content (AvgIpc) is 2.98. The number of aromatic nitrogens is 2. The number of β-amino-alcohol motifs (C(OH)–C–C–N with tert-alkyl or cyclic N) is 1. The van der Waals surface area contributed by atoms with Gasteiger partial charge in [0.2, 0.25) is 0 Å². The number of aliphatic hydroxyl groups excluding tert-OH is 1. The fourth-order valence-corrected chi connectivity index (χ4v) is 3.71. The molecule has 0 amide bonds. The Hall–Kier alpha value is -1.69. The van der Waals surface area contributed by atoms with Crippen LogP contribution in [0.4, 0.5) is 0 Å². The molecule has 0 saturated carbocycles. The van der Waals surface area contributed by atoms with Crippen LogP contribution in [0.5, 0.6) is 0 Å². The van der Waals surface area contributed by atoms with Crippen LogP contribution in [0.15, 0.2) is 24.4 Å². The molecule has 1 aliphatic heterocycles. The highest BCUT2D eigenvalue weighted by atomic mass is 16.3. The number of rotatable bonds is 6. The molecule has 0 aliphatic carbocycles. The lowest BCUT2D eigenvalue weighted by atomic mass is 10.0. The van der Waals surface area contributed by atoms with E-state index in [1.54, 1.807) is 0 Å². The summed E-state index contributed by atoms with van der Waals surface area (Å²) in [5.74, 6) is 0. The van der Waals surface area contributed by atoms with E-state index >= 15 is 0 Å². The number of piperazine rings is 1. The van der Waals surface area contributed by atoms with E-state index in [0.29, 0.717) is 6.54 Å². The Morgan fingerprint density at radius 1 is 1.08 bits per heavy atom. The lowest BCUT2D eigenvalue weighted by molar-refractivity contribution is 0.0697. The average molecular weight is 357 g/mol. The number of hydrogen-bond acceptors (Lipinski definition) is 4. The van der Waals surface area contributed by atoms with Crippen LogP contribution in [0.25, 0.3) is 0 Å². The standard InChI is InChI=1S/C21H32N4O/c1-5-25-14-19(18(4)22-25)13-23-8-10-24(11-9-23)15-21(26)20-12-16(2)6-7-17(20)3/h6-7,12,14,21,26H,5,8-11,13,15H2,1-4H3/t21-/m0/s1. The smallest absolute Gasteiger partial charge is 0.0919 e. The summed E-state index contributed by atoms with van der Waals surface area (Å²) in [6.45, 7) is 15.1. The maximum Gasteiger partial charge on any atom is 0.0919 e. The highest BCUT2D eigenvalue weighted by Crippen LogP contribution is 2.21. The number of aryl methyl sites for hydroxylation is 4. The zero-order valence-corrected chi connectivity index (χ0v) is 16.6. The Morgan fingerprint density at radius 3 is 2.42 bits per heavy atom. The van der Waals surface area contributed by atoms with Gasteiger partial charge < -0.3 is 5.11 Å². The maximum absolute atomic E-state index is 10.7. The van der Waals surface area contributed by atoms with Crippen LogP contribution < -0.4 is 0 Å². The molecule has 3 rings (SSSR count). The van der Waals surface area contributed by atoms with Gasteiger partial charge in [-0.25, -0.2) is 0 Å². The van der Waals surface area contributed by atoms with E-state index in [0.717, 1.165) is 50.5 Å². The molecular formula is C21H32N4O. The molecule has 0 radical (unpaired) electrons. The third kappa shape index (κ3) is 4.53. The molecule has 1 aromatic heterocycles. The zero-order valence-electron chi connectivity index (χ0n) is 16.6. The molecule has 5 nitrogen and oxygen atoms in total. The second kappa shape index (κ2) is 8.33. The predicted molar refractivity (Wildman–Crippen MR) is 105 cm³/mol. The summed E-state index contributed by atoms with van der Waals surface area (Å²) < 4.78 is 2.02. The van der Waals surface area contributed by atoms with Gasteiger partial charge in [0.05, 0.1) is 11.8 Å². The summed E-state index contributed by atoms with van der Waals surface area (Å²) in [4.78, 5) is 4.87. The van der Waals surface area contributed by atoms with Crippen molar-refractivity contribution in [3.05, 3.63) is 52.3 Å². The second-order valence-corrected chi connectivity index (χ2v) is 7.55. The van der Waals surface area contributed by atoms with Crippen LogP contribution in [0, 0.1) is 20.8 Å². The molecule has 1 N–H and O–H groups in total. The molecule has 26 heavy (non-hydrogen) atoms. The van der Waals surface area contributed by atoms with Gasteiger partial charge in [-0.1, -0.05) is 23.8 Å². The molecule has 142 valence electrons. The van der Waals surface area contributed by atoms with Crippen molar-refractivity contribution in [1.29, 1.82) is 0 Å². The summed E-state index contributed by atoms with van der Waals surface area (Å²) in [6, 6.07) is 6.32. The van der Waals surface area contributed by atoms with Crippen molar-refractivity contribution in [3.63, 3.8) is 0 Å². The first kappa shape index (κ1) is 19.1. The quantitative estimate of drug-likeness (QED) is 0.864. The topological polar surface area (TPSA) is 44.5 Å². The first-order valence-electron chi connectivity index (χ1n) is 9.69. The van der Waals surface area contributed by atoms with Gasteiger partial charge in [0.15, 0.2) is 0 Å². The van der Waals surface area contributed by atoms with Gasteiger partial charge in [0.25, 0.3) is 0 Å². The van der Waals surface area contributed by atoms with Gasteiger partial charge in [0.1, 0.15) is 0 Å². The zero-order chi connectivity index (χ0) is 18.7. The molecule has 0 bridgehead atoms. The Kier molecular flexibility index (Phi) is 6.12. The van der Waals surface area contributed by atoms with Gasteiger partial charge in [-0.05, 0) is 38.8 Å². The van der Waals surface area contributed by atoms with E-state index in [9.17, 15) is 5.11 Å². The minimum absolute atomic E-state index is 0.411. The van der Waals surface area contributed by atoms with Gasteiger partial charge in [-0.15, -0.1) is 0 Å². The van der Waals surface area contributed by atoms with Crippen LogP contribution in [-0.2, 0) is 13.1 Å². The minimum atomic E-state index is -0.411. The largest absolute Gasteiger partial charge is 0.387 e. The van der Waals surface area contributed by atoms with Crippen LogP contribution in [0.2, 0.25) is 0 Å². The van der Waals surface area contributed by atoms with Crippen molar-refractivity contribution in [2.45, 2.75) is 46.9 Å². The summed E-state index contributed by atoms with van der Waals surface area (Å²) in [5.41, 5.74) is 5.91. The second-order valence-electron chi connectivity index (χ2n) is 7.55. The van der Waals surface area contributed by atoms with E-state index in [-0.39, 0.29) is 0 Å². The highest BCUT2D eigenvalue weighted by molar-refractivity contribution is 5.32. The van der Waals surface area contributed by atoms with Gasteiger partial charge >= 0.3 is 0 Å². The van der Waals surface area contributed by atoms with Crippen LogP contribution >= 0.6 is 0 Å². The summed E-state index contributed by atoms with van der Waals surface area (Å²) in [6.07, 6.45) is 1.76.